The number of halogens is 3. The molecule has 3 heterocycles. The molecule has 0 unspecified atom stereocenters. The number of nitrogens with one attached hydrogen (secondary N) is 1. The number of aryl methyl sites for hydroxylation is 1. The van der Waals surface area contributed by atoms with Gasteiger partial charge >= 0.3 is 5.38 Å². The highest BCUT2D eigenvalue weighted by Crippen LogP contribution is 2.32. The molecule has 0 spiro atoms. The maximum Gasteiger partial charge on any atom is 0.364 e. The number of carbonyl (C=O) groups excluding carboxylic acids is 1. The highest BCUT2D eigenvalue weighted by molar-refractivity contribution is 6.21. The summed E-state index contributed by atoms with van der Waals surface area (Å²) in [5.74, 6) is -0.594. The standard InChI is InChI=1S/C14H13ClF2N6O2/c1-8-3-11(14(15,16)17)23-12(19-8)4-10(21-23)13(24)20-9-5-18-22(6-9)7-25-2/h3-6H,7H2,1-2H3,(H,20,24). The summed E-state index contributed by atoms with van der Waals surface area (Å²) in [5.41, 5.74) is 0.181. The number of methoxy groups -OCH3 is 1. The molecule has 0 radical (unpaired) electrons. The van der Waals surface area contributed by atoms with E-state index in [4.69, 9.17) is 16.3 Å². The predicted octanol–water partition coefficient (Wildman–Crippen LogP) is 2.38. The highest BCUT2D eigenvalue weighted by atomic mass is 35.5. The van der Waals surface area contributed by atoms with E-state index in [2.05, 4.69) is 20.5 Å². The van der Waals surface area contributed by atoms with Crippen molar-refractivity contribution in [1.82, 2.24) is 24.4 Å². The molecule has 11 heteroatoms. The van der Waals surface area contributed by atoms with Crippen molar-refractivity contribution in [3.8, 4) is 0 Å². The molecule has 3 aromatic rings. The van der Waals surface area contributed by atoms with Gasteiger partial charge in [0, 0.05) is 18.9 Å². The van der Waals surface area contributed by atoms with Gasteiger partial charge in [-0.25, -0.2) is 14.2 Å². The zero-order valence-corrected chi connectivity index (χ0v) is 14.0. The van der Waals surface area contributed by atoms with Crippen molar-refractivity contribution in [1.29, 1.82) is 0 Å². The van der Waals surface area contributed by atoms with E-state index in [0.29, 0.717) is 11.4 Å². The molecular formula is C14H13ClF2N6O2. The Kier molecular flexibility index (Phi) is 4.39. The number of nitrogens with zero attached hydrogens (tertiary/aromatic N) is 5. The van der Waals surface area contributed by atoms with Crippen LogP contribution in [0.3, 0.4) is 0 Å². The van der Waals surface area contributed by atoms with Crippen LogP contribution in [0.5, 0.6) is 0 Å². The van der Waals surface area contributed by atoms with Crippen LogP contribution in [0, 0.1) is 6.92 Å². The highest BCUT2D eigenvalue weighted by Gasteiger charge is 2.32. The molecule has 0 bridgehead atoms. The molecule has 1 N–H and O–H groups in total. The summed E-state index contributed by atoms with van der Waals surface area (Å²) in [6, 6.07) is 2.41. The predicted molar refractivity (Wildman–Crippen MR) is 84.7 cm³/mol. The molecule has 0 aliphatic heterocycles. The van der Waals surface area contributed by atoms with Crippen molar-refractivity contribution in [2.75, 3.05) is 12.4 Å². The van der Waals surface area contributed by atoms with Crippen molar-refractivity contribution in [3.05, 3.63) is 41.6 Å². The molecule has 1 amide bonds. The number of anilines is 1. The van der Waals surface area contributed by atoms with E-state index in [1.807, 2.05) is 0 Å². The van der Waals surface area contributed by atoms with Gasteiger partial charge in [0.2, 0.25) is 0 Å². The monoisotopic (exact) mass is 370 g/mol. The number of amides is 1. The zero-order chi connectivity index (χ0) is 18.2. The van der Waals surface area contributed by atoms with Crippen LogP contribution < -0.4 is 5.32 Å². The van der Waals surface area contributed by atoms with Gasteiger partial charge in [0.15, 0.2) is 11.3 Å². The lowest BCUT2D eigenvalue weighted by molar-refractivity contribution is 0.0868. The van der Waals surface area contributed by atoms with Gasteiger partial charge in [0.05, 0.1) is 18.1 Å². The first-order chi connectivity index (χ1) is 11.8. The number of hydrogen-bond acceptors (Lipinski definition) is 5. The first-order valence-corrected chi connectivity index (χ1v) is 7.43. The number of alkyl halides is 3. The Morgan fingerprint density at radius 1 is 1.44 bits per heavy atom. The van der Waals surface area contributed by atoms with Crippen LogP contribution in [0.2, 0.25) is 0 Å². The molecular weight excluding hydrogens is 358 g/mol. The van der Waals surface area contributed by atoms with E-state index < -0.39 is 17.0 Å². The Morgan fingerprint density at radius 2 is 2.20 bits per heavy atom. The number of rotatable bonds is 5. The molecule has 3 rings (SSSR count). The molecule has 0 atom stereocenters. The smallest absolute Gasteiger partial charge is 0.362 e. The first-order valence-electron chi connectivity index (χ1n) is 7.05. The van der Waals surface area contributed by atoms with Crippen LogP contribution in [0.15, 0.2) is 24.5 Å². The van der Waals surface area contributed by atoms with Gasteiger partial charge in [-0.15, -0.1) is 0 Å². The minimum Gasteiger partial charge on any atom is -0.362 e. The topological polar surface area (TPSA) is 86.3 Å². The third-order valence-electron chi connectivity index (χ3n) is 3.23. The van der Waals surface area contributed by atoms with E-state index in [9.17, 15) is 13.6 Å². The van der Waals surface area contributed by atoms with Gasteiger partial charge in [-0.3, -0.25) is 4.79 Å². The van der Waals surface area contributed by atoms with Crippen LogP contribution in [0.1, 0.15) is 21.9 Å². The van der Waals surface area contributed by atoms with Crippen molar-refractivity contribution < 1.29 is 18.3 Å². The Bertz CT molecular complexity index is 933. The second kappa shape index (κ2) is 6.37. The summed E-state index contributed by atoms with van der Waals surface area (Å²) < 4.78 is 34.3. The van der Waals surface area contributed by atoms with Gasteiger partial charge in [0.1, 0.15) is 12.4 Å². The summed E-state index contributed by atoms with van der Waals surface area (Å²) in [4.78, 5) is 16.4. The van der Waals surface area contributed by atoms with Crippen LogP contribution in [0.25, 0.3) is 5.65 Å². The molecule has 0 saturated carbocycles. The number of aromatic nitrogens is 5. The van der Waals surface area contributed by atoms with Crippen molar-refractivity contribution >= 4 is 28.8 Å². The third-order valence-corrected chi connectivity index (χ3v) is 3.42. The summed E-state index contributed by atoms with van der Waals surface area (Å²) in [7, 11) is 1.51. The average molecular weight is 371 g/mol. The quantitative estimate of drug-likeness (QED) is 0.697. The van der Waals surface area contributed by atoms with Crippen molar-refractivity contribution in [2.24, 2.45) is 0 Å². The largest absolute Gasteiger partial charge is 0.364 e. The zero-order valence-electron chi connectivity index (χ0n) is 13.2. The molecule has 0 saturated heterocycles. The Hall–Kier alpha value is -2.59. The Labute approximate surface area is 145 Å². The molecule has 3 aromatic heterocycles. The van der Waals surface area contributed by atoms with Crippen LogP contribution in [-0.4, -0.2) is 37.4 Å². The third kappa shape index (κ3) is 3.59. The van der Waals surface area contributed by atoms with E-state index in [0.717, 1.165) is 10.6 Å². The first kappa shape index (κ1) is 17.2. The van der Waals surface area contributed by atoms with Gasteiger partial charge < -0.3 is 10.1 Å². The molecule has 8 nitrogen and oxygen atoms in total. The number of ether oxygens (including phenoxy) is 1. The van der Waals surface area contributed by atoms with E-state index >= 15 is 0 Å². The van der Waals surface area contributed by atoms with E-state index in [1.54, 1.807) is 13.1 Å². The fourth-order valence-electron chi connectivity index (χ4n) is 2.24. The lowest BCUT2D eigenvalue weighted by atomic mass is 10.3. The molecule has 132 valence electrons. The van der Waals surface area contributed by atoms with Gasteiger partial charge in [-0.2, -0.15) is 19.0 Å². The van der Waals surface area contributed by atoms with Crippen LogP contribution >= 0.6 is 11.6 Å². The van der Waals surface area contributed by atoms with Crippen molar-refractivity contribution in [3.63, 3.8) is 0 Å². The minimum absolute atomic E-state index is 0.0836. The van der Waals surface area contributed by atoms with E-state index in [1.165, 1.54) is 24.1 Å². The van der Waals surface area contributed by atoms with Crippen LogP contribution in [0.4, 0.5) is 14.5 Å². The summed E-state index contributed by atoms with van der Waals surface area (Å²) in [5, 5.41) is 6.78. The summed E-state index contributed by atoms with van der Waals surface area (Å²) in [6.45, 7) is 1.77. The molecule has 25 heavy (non-hydrogen) atoms. The van der Waals surface area contributed by atoms with Crippen LogP contribution in [-0.2, 0) is 16.8 Å². The second-order valence-corrected chi connectivity index (χ2v) is 5.70. The Balaban J connectivity index is 1.91. The van der Waals surface area contributed by atoms with Gasteiger partial charge in [0.25, 0.3) is 5.91 Å². The van der Waals surface area contributed by atoms with E-state index in [-0.39, 0.29) is 18.1 Å². The summed E-state index contributed by atoms with van der Waals surface area (Å²) >= 11 is 5.12. The second-order valence-electron chi connectivity index (χ2n) is 5.22. The normalized spacial score (nSPS) is 11.9. The Morgan fingerprint density at radius 3 is 2.88 bits per heavy atom. The SMILES string of the molecule is COCn1cc(NC(=O)c2cc3nc(C)cc(C(F)(F)Cl)n3n2)cn1. The fraction of sp³-hybridized carbons (Fsp3) is 0.286. The molecule has 0 aliphatic carbocycles. The average Bonchev–Trinajstić information content (AvgIpc) is 3.12. The molecule has 0 aliphatic rings. The number of carbonyl (C=O) groups is 1. The van der Waals surface area contributed by atoms with Gasteiger partial charge in [-0.05, 0) is 24.6 Å². The lowest BCUT2D eigenvalue weighted by Crippen LogP contribution is -2.15. The lowest BCUT2D eigenvalue weighted by Gasteiger charge is -2.10. The molecule has 0 fully saturated rings. The minimum atomic E-state index is -3.65. The number of fused-ring (bicyclic) bond motifs is 1. The van der Waals surface area contributed by atoms with Gasteiger partial charge in [-0.1, -0.05) is 0 Å². The van der Waals surface area contributed by atoms with Crippen molar-refractivity contribution in [2.45, 2.75) is 19.0 Å². The maximum absolute atomic E-state index is 13.6. The molecule has 0 aromatic carbocycles. The maximum atomic E-state index is 13.6. The fourth-order valence-corrected chi connectivity index (χ4v) is 2.37. The summed E-state index contributed by atoms with van der Waals surface area (Å²) in [6.07, 6.45) is 2.98. The number of hydrogen-bond donors (Lipinski definition) is 1.